The first-order valence-corrected chi connectivity index (χ1v) is 5.49. The third-order valence-electron chi connectivity index (χ3n) is 1.22. The second-order valence-corrected chi connectivity index (χ2v) is 3.08. The average Bonchev–Trinajstić information content (AvgIpc) is 2.20. The van der Waals surface area contributed by atoms with Gasteiger partial charge in [-0.1, -0.05) is 24.3 Å². The van der Waals surface area contributed by atoms with Gasteiger partial charge in [-0.3, -0.25) is 9.26 Å². The molecule has 0 aromatic heterocycles. The largest absolute Gasteiger partial charge is 0.770 e. The van der Waals surface area contributed by atoms with Crippen LogP contribution in [0, 0.1) is 0 Å². The van der Waals surface area contributed by atoms with E-state index in [2.05, 4.69) is 4.43 Å². The van der Waals surface area contributed by atoms with E-state index in [1.807, 2.05) is 0 Å². The number of para-hydroxylation sites is 1. The summed E-state index contributed by atoms with van der Waals surface area (Å²) in [6.45, 7) is 1.80. The Morgan fingerprint density at radius 2 is 1.93 bits per heavy atom. The Labute approximate surface area is 89.7 Å². The van der Waals surface area contributed by atoms with E-state index < -0.39 is 9.17 Å². The molecule has 0 aliphatic heterocycles. The van der Waals surface area contributed by atoms with E-state index in [-0.39, 0.29) is 0 Å². The summed E-state index contributed by atoms with van der Waals surface area (Å²) in [6, 6.07) is 8.53. The molecule has 0 amide bonds. The van der Waals surface area contributed by atoms with Crippen molar-refractivity contribution in [3.63, 3.8) is 0 Å². The minimum absolute atomic E-state index is 0.425. The number of carbonyl (C=O) groups is 1. The zero-order valence-corrected chi connectivity index (χ0v) is 9.29. The molecule has 0 bridgehead atoms. The second kappa shape index (κ2) is 8.83. The molecule has 0 spiro atoms. The number of allylic oxidation sites excluding steroid dienone is 2. The van der Waals surface area contributed by atoms with Crippen LogP contribution in [0.1, 0.15) is 6.92 Å². The van der Waals surface area contributed by atoms with Crippen LogP contribution in [0.5, 0.6) is 5.75 Å². The van der Waals surface area contributed by atoms with Crippen LogP contribution in [0.2, 0.25) is 0 Å². The van der Waals surface area contributed by atoms with Gasteiger partial charge in [0.05, 0.1) is 0 Å². The number of hydrogen-bond acceptors (Lipinski definition) is 3. The van der Waals surface area contributed by atoms with Gasteiger partial charge in [-0.25, -0.2) is 0 Å². The molecule has 0 aliphatic rings. The Balaban J connectivity index is 0.000000336. The van der Waals surface area contributed by atoms with Crippen molar-refractivity contribution in [3.8, 4) is 5.75 Å². The summed E-state index contributed by atoms with van der Waals surface area (Å²) < 4.78 is 14.6. The molecule has 4 nitrogen and oxygen atoms in total. The van der Waals surface area contributed by atoms with Crippen LogP contribution >= 0.6 is 0 Å². The summed E-state index contributed by atoms with van der Waals surface area (Å²) in [7, 11) is -2.84. The van der Waals surface area contributed by atoms with Crippen LogP contribution in [0.4, 0.5) is 0 Å². The smallest absolute Gasteiger partial charge is 0.511 e. The first-order chi connectivity index (χ1) is 7.20. The molecule has 1 rings (SSSR count). The van der Waals surface area contributed by atoms with Crippen molar-refractivity contribution in [1.29, 1.82) is 0 Å². The van der Waals surface area contributed by atoms with E-state index in [4.69, 9.17) is 4.80 Å². The highest BCUT2D eigenvalue weighted by molar-refractivity contribution is 6.25. The summed E-state index contributed by atoms with van der Waals surface area (Å²) in [4.78, 5) is 17.6. The summed E-state index contributed by atoms with van der Waals surface area (Å²) in [5.41, 5.74) is 0. The van der Waals surface area contributed by atoms with E-state index in [1.54, 1.807) is 43.3 Å². The van der Waals surface area contributed by atoms with Gasteiger partial charge >= 0.3 is 9.17 Å². The quantitative estimate of drug-likeness (QED) is 0.476. The molecule has 0 atom stereocenters. The molecule has 0 heterocycles. The lowest BCUT2D eigenvalue weighted by molar-refractivity contribution is -0.104. The summed E-state index contributed by atoms with van der Waals surface area (Å²) >= 11 is 0. The number of rotatable bonds is 3. The van der Waals surface area contributed by atoms with Crippen molar-refractivity contribution in [2.24, 2.45) is 0 Å². The number of aldehydes is 1. The zero-order valence-electron chi connectivity index (χ0n) is 8.29. The predicted molar refractivity (Wildman–Crippen MR) is 56.6 cm³/mol. The topological polar surface area (TPSA) is 63.6 Å². The maximum atomic E-state index is 10.1. The lowest BCUT2D eigenvalue weighted by Gasteiger charge is -1.95. The van der Waals surface area contributed by atoms with E-state index in [9.17, 15) is 9.26 Å². The Morgan fingerprint density at radius 1 is 1.33 bits per heavy atom. The van der Waals surface area contributed by atoms with Crippen molar-refractivity contribution in [1.82, 2.24) is 0 Å². The average molecular weight is 224 g/mol. The van der Waals surface area contributed by atoms with Crippen LogP contribution < -0.4 is 4.43 Å². The van der Waals surface area contributed by atoms with Crippen molar-refractivity contribution < 1.29 is 18.5 Å². The van der Waals surface area contributed by atoms with Gasteiger partial charge < -0.3 is 9.22 Å². The predicted octanol–water partition coefficient (Wildman–Crippen LogP) is 1.23. The maximum absolute atomic E-state index is 10.1. The van der Waals surface area contributed by atoms with Gasteiger partial charge in [0, 0.05) is 0 Å². The lowest BCUT2D eigenvalue weighted by Crippen LogP contribution is -2.08. The molecule has 1 aromatic carbocycles. The Bertz CT molecular complexity index is 321. The van der Waals surface area contributed by atoms with E-state index in [1.165, 1.54) is 6.08 Å². The Kier molecular flexibility index (Phi) is 7.80. The molecule has 1 N–H and O–H groups in total. The molecule has 0 aliphatic carbocycles. The first kappa shape index (κ1) is 13.2. The fourth-order valence-corrected chi connectivity index (χ4v) is 1.01. The minimum Gasteiger partial charge on any atom is -0.511 e. The van der Waals surface area contributed by atoms with Crippen molar-refractivity contribution in [2.45, 2.75) is 6.92 Å². The van der Waals surface area contributed by atoms with Gasteiger partial charge in [-0.2, -0.15) is 0 Å². The molecular formula is C10H12O4Si. The van der Waals surface area contributed by atoms with Gasteiger partial charge in [0.2, 0.25) is 0 Å². The Morgan fingerprint density at radius 3 is 2.27 bits per heavy atom. The maximum Gasteiger partial charge on any atom is 0.770 e. The van der Waals surface area contributed by atoms with Crippen LogP contribution in [-0.4, -0.2) is 20.3 Å². The second-order valence-electron chi connectivity index (χ2n) is 2.34. The highest BCUT2D eigenvalue weighted by Crippen LogP contribution is 2.06. The zero-order chi connectivity index (χ0) is 11.5. The number of benzene rings is 1. The first-order valence-electron chi connectivity index (χ1n) is 4.23. The molecule has 0 saturated carbocycles. The molecule has 15 heavy (non-hydrogen) atoms. The molecule has 0 radical (unpaired) electrons. The van der Waals surface area contributed by atoms with E-state index >= 15 is 0 Å². The minimum atomic E-state index is -2.84. The lowest BCUT2D eigenvalue weighted by atomic mass is 10.3. The van der Waals surface area contributed by atoms with Crippen molar-refractivity contribution in [2.75, 3.05) is 0 Å². The number of hydrogen-bond donors (Lipinski definition) is 1. The van der Waals surface area contributed by atoms with Gasteiger partial charge in [0.15, 0.2) is 0 Å². The SMILES string of the molecule is C/C=C/C=O.O=[Si](O)Oc1ccccc1. The van der Waals surface area contributed by atoms with E-state index in [0.29, 0.717) is 5.75 Å². The van der Waals surface area contributed by atoms with Crippen LogP contribution in [-0.2, 0) is 9.26 Å². The van der Waals surface area contributed by atoms with Crippen molar-refractivity contribution in [3.05, 3.63) is 42.5 Å². The third-order valence-corrected chi connectivity index (χ3v) is 1.63. The number of carbonyl (C=O) groups excluding carboxylic acids is 1. The fourth-order valence-electron chi connectivity index (χ4n) is 0.668. The molecular weight excluding hydrogens is 212 g/mol. The normalized spacial score (nSPS) is 8.87. The molecule has 1 aromatic rings. The van der Waals surface area contributed by atoms with Crippen LogP contribution in [0.3, 0.4) is 0 Å². The Hall–Kier alpha value is -1.75. The molecule has 5 heteroatoms. The van der Waals surface area contributed by atoms with Crippen LogP contribution in [0.25, 0.3) is 0 Å². The van der Waals surface area contributed by atoms with Crippen LogP contribution in [0.15, 0.2) is 42.5 Å². The highest BCUT2D eigenvalue weighted by Gasteiger charge is 2.03. The summed E-state index contributed by atoms with van der Waals surface area (Å²) in [5.74, 6) is 0.425. The van der Waals surface area contributed by atoms with Gasteiger partial charge in [-0.15, -0.1) is 0 Å². The van der Waals surface area contributed by atoms with Crippen molar-refractivity contribution >= 4 is 15.5 Å². The third kappa shape index (κ3) is 8.57. The molecule has 80 valence electrons. The highest BCUT2D eigenvalue weighted by atomic mass is 28.3. The van der Waals surface area contributed by atoms with Gasteiger partial charge in [-0.05, 0) is 25.1 Å². The molecule has 0 saturated heterocycles. The fraction of sp³-hybridized carbons (Fsp3) is 0.100. The van der Waals surface area contributed by atoms with Gasteiger partial charge in [0.25, 0.3) is 0 Å². The molecule has 0 unspecified atom stereocenters. The standard InChI is InChI=1S/C6H6O3Si.C4H6O/c7-10(8)9-6-4-2-1-3-5-6;1-2-3-4-5/h1-5,7H;2-4H,1H3/b;3-2+. The molecule has 0 fully saturated rings. The summed E-state index contributed by atoms with van der Waals surface area (Å²) in [5, 5.41) is 0. The monoisotopic (exact) mass is 224 g/mol. The van der Waals surface area contributed by atoms with E-state index in [0.717, 1.165) is 6.29 Å². The van der Waals surface area contributed by atoms with Gasteiger partial charge in [0.1, 0.15) is 12.0 Å². The summed E-state index contributed by atoms with van der Waals surface area (Å²) in [6.07, 6.45) is 3.88.